The monoisotopic (exact) mass is 297 g/mol. The summed E-state index contributed by atoms with van der Waals surface area (Å²) in [7, 11) is 2.07. The summed E-state index contributed by atoms with van der Waals surface area (Å²) in [5, 5.41) is 3.47. The predicted octanol–water partition coefficient (Wildman–Crippen LogP) is 3.46. The molecule has 4 heteroatoms. The van der Waals surface area contributed by atoms with Gasteiger partial charge in [-0.25, -0.2) is 4.98 Å². The van der Waals surface area contributed by atoms with Crippen LogP contribution in [-0.4, -0.2) is 21.8 Å². The second kappa shape index (κ2) is 6.78. The third kappa shape index (κ3) is 3.46. The van der Waals surface area contributed by atoms with Gasteiger partial charge in [-0.3, -0.25) is 0 Å². The number of aromatic nitrogens is 2. The Labute approximate surface area is 129 Å². The van der Waals surface area contributed by atoms with E-state index in [2.05, 4.69) is 64.4 Å². The lowest BCUT2D eigenvalue weighted by Gasteiger charge is -2.05. The van der Waals surface area contributed by atoms with Crippen molar-refractivity contribution in [1.82, 2.24) is 14.9 Å². The highest BCUT2D eigenvalue weighted by atomic mass is 32.2. The predicted molar refractivity (Wildman–Crippen MR) is 89.6 cm³/mol. The van der Waals surface area contributed by atoms with Crippen LogP contribution in [0.25, 0.3) is 11.0 Å². The number of imidazole rings is 1. The lowest BCUT2D eigenvalue weighted by Crippen LogP contribution is -2.18. The summed E-state index contributed by atoms with van der Waals surface area (Å²) in [4.78, 5) is 5.98. The number of hydrogen-bond acceptors (Lipinski definition) is 3. The van der Waals surface area contributed by atoms with Crippen LogP contribution >= 0.6 is 11.8 Å². The molecule has 0 bridgehead atoms. The van der Waals surface area contributed by atoms with E-state index in [-0.39, 0.29) is 0 Å². The Hall–Kier alpha value is -1.78. The molecule has 0 saturated carbocycles. The van der Waals surface area contributed by atoms with Crippen LogP contribution in [0.5, 0.6) is 0 Å². The summed E-state index contributed by atoms with van der Waals surface area (Å²) in [6.45, 7) is 1.78. The second-order valence-corrected chi connectivity index (χ2v) is 6.08. The van der Waals surface area contributed by atoms with Gasteiger partial charge in [0.1, 0.15) is 5.82 Å². The zero-order valence-corrected chi connectivity index (χ0v) is 12.9. The van der Waals surface area contributed by atoms with E-state index in [0.29, 0.717) is 0 Å². The lowest BCUT2D eigenvalue weighted by molar-refractivity contribution is 0.670. The second-order valence-electron chi connectivity index (χ2n) is 4.91. The summed E-state index contributed by atoms with van der Waals surface area (Å²) in [5.41, 5.74) is 2.25. The Balaban J connectivity index is 1.49. The number of benzene rings is 2. The minimum Gasteiger partial charge on any atom is -0.330 e. The molecule has 3 aromatic rings. The van der Waals surface area contributed by atoms with E-state index >= 15 is 0 Å². The van der Waals surface area contributed by atoms with E-state index in [1.165, 1.54) is 10.4 Å². The first-order valence-electron chi connectivity index (χ1n) is 7.13. The molecule has 2 aromatic carbocycles. The number of nitrogens with zero attached hydrogens (tertiary/aromatic N) is 2. The maximum atomic E-state index is 4.66. The molecular weight excluding hydrogens is 278 g/mol. The van der Waals surface area contributed by atoms with Crippen molar-refractivity contribution in [1.29, 1.82) is 0 Å². The van der Waals surface area contributed by atoms with E-state index in [1.54, 1.807) is 0 Å². The third-order valence-corrected chi connectivity index (χ3v) is 4.47. The molecule has 0 aliphatic carbocycles. The normalized spacial score (nSPS) is 11.1. The number of aryl methyl sites for hydroxylation is 1. The van der Waals surface area contributed by atoms with Crippen LogP contribution in [0.3, 0.4) is 0 Å². The molecule has 21 heavy (non-hydrogen) atoms. The van der Waals surface area contributed by atoms with Crippen LogP contribution in [0.4, 0.5) is 0 Å². The molecule has 3 nitrogen and oxygen atoms in total. The maximum absolute atomic E-state index is 4.66. The molecule has 0 fully saturated rings. The van der Waals surface area contributed by atoms with Crippen molar-refractivity contribution in [2.45, 2.75) is 11.4 Å². The SMILES string of the molecule is Cn1c(CNCCSc2ccccc2)nc2ccccc21. The third-order valence-electron chi connectivity index (χ3n) is 3.45. The fraction of sp³-hybridized carbons (Fsp3) is 0.235. The minimum absolute atomic E-state index is 0.806. The first kappa shape index (κ1) is 14.2. The molecule has 1 heterocycles. The molecule has 0 saturated heterocycles. The molecule has 3 rings (SSSR count). The molecule has 1 aromatic heterocycles. The molecule has 0 amide bonds. The first-order chi connectivity index (χ1) is 10.3. The maximum Gasteiger partial charge on any atom is 0.123 e. The molecule has 0 spiro atoms. The lowest BCUT2D eigenvalue weighted by atomic mass is 10.3. The van der Waals surface area contributed by atoms with Gasteiger partial charge in [0.2, 0.25) is 0 Å². The van der Waals surface area contributed by atoms with Gasteiger partial charge in [-0.2, -0.15) is 0 Å². The van der Waals surface area contributed by atoms with Crippen molar-refractivity contribution in [3.8, 4) is 0 Å². The van der Waals surface area contributed by atoms with Crippen LogP contribution in [0, 0.1) is 0 Å². The molecule has 0 radical (unpaired) electrons. The van der Waals surface area contributed by atoms with Gasteiger partial charge in [0, 0.05) is 24.2 Å². The van der Waals surface area contributed by atoms with Gasteiger partial charge in [0.15, 0.2) is 0 Å². The zero-order chi connectivity index (χ0) is 14.5. The van der Waals surface area contributed by atoms with Crippen molar-refractivity contribution in [3.63, 3.8) is 0 Å². The Bertz CT molecular complexity index is 706. The number of nitrogens with one attached hydrogen (secondary N) is 1. The fourth-order valence-corrected chi connectivity index (χ4v) is 3.14. The number of rotatable bonds is 6. The first-order valence-corrected chi connectivity index (χ1v) is 8.12. The van der Waals surface area contributed by atoms with E-state index < -0.39 is 0 Å². The number of hydrogen-bond donors (Lipinski definition) is 1. The smallest absolute Gasteiger partial charge is 0.123 e. The summed E-state index contributed by atoms with van der Waals surface area (Å²) < 4.78 is 2.16. The van der Waals surface area contributed by atoms with Gasteiger partial charge in [0.05, 0.1) is 17.6 Å². The Morgan fingerprint density at radius 3 is 2.62 bits per heavy atom. The number of fused-ring (bicyclic) bond motifs is 1. The van der Waals surface area contributed by atoms with Gasteiger partial charge < -0.3 is 9.88 Å². The van der Waals surface area contributed by atoms with Crippen molar-refractivity contribution in [2.24, 2.45) is 7.05 Å². The topological polar surface area (TPSA) is 29.9 Å². The van der Waals surface area contributed by atoms with Crippen LogP contribution in [0.15, 0.2) is 59.5 Å². The van der Waals surface area contributed by atoms with Crippen molar-refractivity contribution in [3.05, 3.63) is 60.4 Å². The number of para-hydroxylation sites is 2. The van der Waals surface area contributed by atoms with Crippen LogP contribution in [-0.2, 0) is 13.6 Å². The van der Waals surface area contributed by atoms with Crippen LogP contribution in [0.2, 0.25) is 0 Å². The molecule has 1 N–H and O–H groups in total. The highest BCUT2D eigenvalue weighted by Gasteiger charge is 2.05. The molecule has 0 atom stereocenters. The summed E-state index contributed by atoms with van der Waals surface area (Å²) in [6, 6.07) is 18.8. The van der Waals surface area contributed by atoms with Gasteiger partial charge >= 0.3 is 0 Å². The van der Waals surface area contributed by atoms with Crippen molar-refractivity contribution >= 4 is 22.8 Å². The number of thioether (sulfide) groups is 1. The van der Waals surface area contributed by atoms with Gasteiger partial charge in [0.25, 0.3) is 0 Å². The van der Waals surface area contributed by atoms with E-state index in [0.717, 1.165) is 30.2 Å². The molecular formula is C17H19N3S. The molecule has 108 valence electrons. The zero-order valence-electron chi connectivity index (χ0n) is 12.1. The highest BCUT2D eigenvalue weighted by Crippen LogP contribution is 2.16. The summed E-state index contributed by atoms with van der Waals surface area (Å²) in [5.74, 6) is 2.15. The Morgan fingerprint density at radius 1 is 1.05 bits per heavy atom. The molecule has 0 aliphatic rings. The largest absolute Gasteiger partial charge is 0.330 e. The standard InChI is InChI=1S/C17H19N3S/c1-20-16-10-6-5-9-15(16)19-17(20)13-18-11-12-21-14-7-3-2-4-8-14/h2-10,18H,11-13H2,1H3. The van der Waals surface area contributed by atoms with Crippen molar-refractivity contribution in [2.75, 3.05) is 12.3 Å². The summed E-state index contributed by atoms with van der Waals surface area (Å²) >= 11 is 1.88. The fourth-order valence-electron chi connectivity index (χ4n) is 2.31. The van der Waals surface area contributed by atoms with Crippen LogP contribution in [0.1, 0.15) is 5.82 Å². The Morgan fingerprint density at radius 2 is 1.81 bits per heavy atom. The van der Waals surface area contributed by atoms with E-state index in [4.69, 9.17) is 0 Å². The van der Waals surface area contributed by atoms with E-state index in [1.807, 2.05) is 23.9 Å². The average Bonchev–Trinajstić information content (AvgIpc) is 2.85. The van der Waals surface area contributed by atoms with Gasteiger partial charge in [-0.15, -0.1) is 11.8 Å². The van der Waals surface area contributed by atoms with Crippen LogP contribution < -0.4 is 5.32 Å². The quantitative estimate of drug-likeness (QED) is 0.558. The van der Waals surface area contributed by atoms with Gasteiger partial charge in [-0.05, 0) is 24.3 Å². The highest BCUT2D eigenvalue weighted by molar-refractivity contribution is 7.99. The molecule has 0 aliphatic heterocycles. The average molecular weight is 297 g/mol. The van der Waals surface area contributed by atoms with Crippen molar-refractivity contribution < 1.29 is 0 Å². The van der Waals surface area contributed by atoms with E-state index in [9.17, 15) is 0 Å². The Kier molecular flexibility index (Phi) is 4.58. The molecule has 0 unspecified atom stereocenters. The minimum atomic E-state index is 0.806. The van der Waals surface area contributed by atoms with Gasteiger partial charge in [-0.1, -0.05) is 30.3 Å². The summed E-state index contributed by atoms with van der Waals surface area (Å²) in [6.07, 6.45) is 0.